The van der Waals surface area contributed by atoms with Gasteiger partial charge in [-0.15, -0.1) is 0 Å². The van der Waals surface area contributed by atoms with Crippen LogP contribution in [-0.2, 0) is 0 Å². The maximum atomic E-state index is 12.2. The molecule has 3 aromatic rings. The number of amides is 1. The molecule has 2 heterocycles. The lowest BCUT2D eigenvalue weighted by atomic mass is 10.2. The van der Waals surface area contributed by atoms with Crippen LogP contribution in [0.5, 0.6) is 5.75 Å². The van der Waals surface area contributed by atoms with E-state index in [4.69, 9.17) is 0 Å². The Labute approximate surface area is 115 Å². The van der Waals surface area contributed by atoms with Crippen molar-refractivity contribution in [3.63, 3.8) is 0 Å². The maximum Gasteiger partial charge on any atom is 0.259 e. The number of fused-ring (bicyclic) bond motifs is 1. The van der Waals surface area contributed by atoms with Crippen LogP contribution < -0.4 is 5.32 Å². The molecule has 3 rings (SSSR count). The van der Waals surface area contributed by atoms with E-state index in [2.05, 4.69) is 10.4 Å². The van der Waals surface area contributed by atoms with Crippen LogP contribution in [0.1, 0.15) is 15.9 Å². The maximum absolute atomic E-state index is 12.2. The minimum Gasteiger partial charge on any atom is -0.508 e. The molecule has 0 spiro atoms. The minimum absolute atomic E-state index is 0.155. The number of hydrogen-bond donors (Lipinski definition) is 2. The highest BCUT2D eigenvalue weighted by Gasteiger charge is 2.12. The first-order valence-corrected chi connectivity index (χ1v) is 6.18. The van der Waals surface area contributed by atoms with E-state index in [1.165, 1.54) is 12.3 Å². The molecule has 2 N–H and O–H groups in total. The highest BCUT2D eigenvalue weighted by Crippen LogP contribution is 2.21. The summed E-state index contributed by atoms with van der Waals surface area (Å²) < 4.78 is 1.64. The lowest BCUT2D eigenvalue weighted by molar-refractivity contribution is 0.102. The van der Waals surface area contributed by atoms with E-state index in [1.807, 2.05) is 18.2 Å². The molecule has 0 bridgehead atoms. The van der Waals surface area contributed by atoms with Crippen molar-refractivity contribution < 1.29 is 9.90 Å². The second kappa shape index (κ2) is 4.70. The predicted molar refractivity (Wildman–Crippen MR) is 76.0 cm³/mol. The zero-order chi connectivity index (χ0) is 14.1. The predicted octanol–water partition coefficient (Wildman–Crippen LogP) is 2.60. The molecule has 1 amide bonds. The number of aromatic hydroxyl groups is 1. The first-order valence-electron chi connectivity index (χ1n) is 6.18. The number of nitrogens with zero attached hydrogens (tertiary/aromatic N) is 2. The number of carbonyl (C=O) groups is 1. The molecule has 20 heavy (non-hydrogen) atoms. The highest BCUT2D eigenvalue weighted by atomic mass is 16.3. The van der Waals surface area contributed by atoms with Crippen molar-refractivity contribution in [2.75, 3.05) is 5.32 Å². The molecular formula is C15H13N3O2. The largest absolute Gasteiger partial charge is 0.508 e. The summed E-state index contributed by atoms with van der Waals surface area (Å²) >= 11 is 0. The molecule has 0 unspecified atom stereocenters. The number of aryl methyl sites for hydroxylation is 1. The van der Waals surface area contributed by atoms with Gasteiger partial charge in [0.1, 0.15) is 5.75 Å². The summed E-state index contributed by atoms with van der Waals surface area (Å²) in [5.74, 6) is -0.0999. The van der Waals surface area contributed by atoms with Gasteiger partial charge in [0, 0.05) is 18.0 Å². The number of phenols is 1. The second-order valence-corrected chi connectivity index (χ2v) is 4.54. The Bertz CT molecular complexity index is 793. The molecule has 0 atom stereocenters. The molecule has 5 nitrogen and oxygen atoms in total. The molecule has 5 heteroatoms. The Balaban J connectivity index is 1.91. The molecule has 1 aromatic carbocycles. The third-order valence-corrected chi connectivity index (χ3v) is 3.14. The summed E-state index contributed by atoms with van der Waals surface area (Å²) in [6.45, 7) is 1.80. The highest BCUT2D eigenvalue weighted by molar-refractivity contribution is 6.08. The van der Waals surface area contributed by atoms with E-state index < -0.39 is 0 Å². The van der Waals surface area contributed by atoms with Crippen molar-refractivity contribution in [1.29, 1.82) is 0 Å². The molecule has 0 radical (unpaired) electrons. The first kappa shape index (κ1) is 12.2. The fraction of sp³-hybridized carbons (Fsp3) is 0.0667. The van der Waals surface area contributed by atoms with Crippen LogP contribution in [0, 0.1) is 6.92 Å². The lowest BCUT2D eigenvalue weighted by Crippen LogP contribution is -2.11. The molecule has 0 saturated carbocycles. The summed E-state index contributed by atoms with van der Waals surface area (Å²) in [6.07, 6.45) is 3.31. The molecule has 2 aromatic heterocycles. The molecule has 0 saturated heterocycles. The quantitative estimate of drug-likeness (QED) is 0.750. The fourth-order valence-electron chi connectivity index (χ4n) is 2.00. The van der Waals surface area contributed by atoms with Crippen LogP contribution in [0.3, 0.4) is 0 Å². The number of hydrogen-bond acceptors (Lipinski definition) is 3. The SMILES string of the molecule is Cc1ccc(NC(=O)c2cnn3ccccc23)cc1O. The number of benzene rings is 1. The van der Waals surface area contributed by atoms with Crippen molar-refractivity contribution in [1.82, 2.24) is 9.61 Å². The third kappa shape index (κ3) is 2.09. The smallest absolute Gasteiger partial charge is 0.259 e. The van der Waals surface area contributed by atoms with Gasteiger partial charge >= 0.3 is 0 Å². The standard InChI is InChI=1S/C15H13N3O2/c1-10-5-6-11(8-14(10)19)17-15(20)12-9-16-18-7-3-2-4-13(12)18/h2-9,19H,1H3,(H,17,20). The van der Waals surface area contributed by atoms with Gasteiger partial charge in [-0.3, -0.25) is 4.79 Å². The molecule has 0 fully saturated rings. The zero-order valence-electron chi connectivity index (χ0n) is 10.9. The van der Waals surface area contributed by atoms with Gasteiger partial charge in [-0.2, -0.15) is 5.10 Å². The zero-order valence-corrected chi connectivity index (χ0v) is 10.9. The summed E-state index contributed by atoms with van der Waals surface area (Å²) in [5, 5.41) is 16.5. The van der Waals surface area contributed by atoms with E-state index in [1.54, 1.807) is 29.8 Å². The van der Waals surface area contributed by atoms with Gasteiger partial charge < -0.3 is 10.4 Å². The number of pyridine rings is 1. The van der Waals surface area contributed by atoms with Crippen molar-refractivity contribution >= 4 is 17.1 Å². The van der Waals surface area contributed by atoms with Crippen LogP contribution in [0.4, 0.5) is 5.69 Å². The molecule has 0 aliphatic rings. The van der Waals surface area contributed by atoms with Crippen molar-refractivity contribution in [3.05, 3.63) is 59.9 Å². The number of nitrogens with one attached hydrogen (secondary N) is 1. The summed E-state index contributed by atoms with van der Waals surface area (Å²) in [6, 6.07) is 10.6. The van der Waals surface area contributed by atoms with E-state index in [-0.39, 0.29) is 11.7 Å². The van der Waals surface area contributed by atoms with Gasteiger partial charge in [0.05, 0.1) is 17.3 Å². The fourth-order valence-corrected chi connectivity index (χ4v) is 2.00. The third-order valence-electron chi connectivity index (χ3n) is 3.14. The second-order valence-electron chi connectivity index (χ2n) is 4.54. The Morgan fingerprint density at radius 3 is 2.95 bits per heavy atom. The number of phenolic OH excluding ortho intramolecular Hbond substituents is 1. The van der Waals surface area contributed by atoms with Gasteiger partial charge in [-0.25, -0.2) is 4.52 Å². The van der Waals surface area contributed by atoms with Crippen molar-refractivity contribution in [3.8, 4) is 5.75 Å². The van der Waals surface area contributed by atoms with E-state index >= 15 is 0 Å². The van der Waals surface area contributed by atoms with Crippen molar-refractivity contribution in [2.24, 2.45) is 0 Å². The Morgan fingerprint density at radius 1 is 1.30 bits per heavy atom. The minimum atomic E-state index is -0.255. The Hall–Kier alpha value is -2.82. The lowest BCUT2D eigenvalue weighted by Gasteiger charge is -2.06. The Kier molecular flexibility index (Phi) is 2.87. The van der Waals surface area contributed by atoms with Gasteiger partial charge in [-0.1, -0.05) is 12.1 Å². The van der Waals surface area contributed by atoms with Gasteiger partial charge in [0.2, 0.25) is 0 Å². The number of carbonyl (C=O) groups excluding carboxylic acids is 1. The average molecular weight is 267 g/mol. The first-order chi connectivity index (χ1) is 9.65. The van der Waals surface area contributed by atoms with Crippen LogP contribution in [0.2, 0.25) is 0 Å². The molecule has 0 aliphatic carbocycles. The van der Waals surface area contributed by atoms with Gasteiger partial charge in [0.25, 0.3) is 5.91 Å². The molecule has 0 aliphatic heterocycles. The number of anilines is 1. The Morgan fingerprint density at radius 2 is 2.15 bits per heavy atom. The van der Waals surface area contributed by atoms with Crippen LogP contribution in [0.15, 0.2) is 48.8 Å². The number of aromatic nitrogens is 2. The van der Waals surface area contributed by atoms with Gasteiger partial charge in [0.15, 0.2) is 0 Å². The van der Waals surface area contributed by atoms with Crippen LogP contribution in [-0.4, -0.2) is 20.6 Å². The summed E-state index contributed by atoms with van der Waals surface area (Å²) in [4.78, 5) is 12.2. The molecule has 100 valence electrons. The number of rotatable bonds is 2. The normalized spacial score (nSPS) is 10.7. The van der Waals surface area contributed by atoms with Crippen LogP contribution in [0.25, 0.3) is 5.52 Å². The van der Waals surface area contributed by atoms with Gasteiger partial charge in [-0.05, 0) is 30.7 Å². The van der Waals surface area contributed by atoms with E-state index in [9.17, 15) is 9.90 Å². The summed E-state index contributed by atoms with van der Waals surface area (Å²) in [5.41, 5.74) is 2.54. The van der Waals surface area contributed by atoms with E-state index in [0.29, 0.717) is 11.3 Å². The monoisotopic (exact) mass is 267 g/mol. The summed E-state index contributed by atoms with van der Waals surface area (Å²) in [7, 11) is 0. The van der Waals surface area contributed by atoms with E-state index in [0.717, 1.165) is 11.1 Å². The average Bonchev–Trinajstić information content (AvgIpc) is 2.87. The van der Waals surface area contributed by atoms with Crippen LogP contribution >= 0.6 is 0 Å². The van der Waals surface area contributed by atoms with Crippen molar-refractivity contribution in [2.45, 2.75) is 6.92 Å². The molecular weight excluding hydrogens is 254 g/mol. The topological polar surface area (TPSA) is 66.6 Å².